The second kappa shape index (κ2) is 9.60. The maximum atomic E-state index is 11.9. The molecule has 0 aromatic rings. The minimum atomic E-state index is -0.746. The van der Waals surface area contributed by atoms with Gasteiger partial charge in [-0.25, -0.2) is 4.79 Å². The monoisotopic (exact) mass is 300 g/mol. The Kier molecular flexibility index (Phi) is 8.12. The van der Waals surface area contributed by atoms with Crippen LogP contribution in [0.1, 0.15) is 51.9 Å². The van der Waals surface area contributed by atoms with Gasteiger partial charge in [-0.2, -0.15) is 0 Å². The lowest BCUT2D eigenvalue weighted by Crippen LogP contribution is -2.45. The van der Waals surface area contributed by atoms with E-state index in [1.165, 1.54) is 0 Å². The van der Waals surface area contributed by atoms with E-state index in [0.717, 1.165) is 32.1 Å². The molecule has 0 aromatic carbocycles. The molecule has 0 saturated carbocycles. The number of unbranched alkanes of at least 4 members (excludes halogenated alkanes) is 3. The first-order chi connectivity index (χ1) is 10.0. The summed E-state index contributed by atoms with van der Waals surface area (Å²) >= 11 is 0. The number of carboxylic acid groups (broad SMARTS) is 1. The lowest BCUT2D eigenvalue weighted by Gasteiger charge is -2.33. The molecule has 1 aliphatic heterocycles. The van der Waals surface area contributed by atoms with Crippen molar-refractivity contribution >= 4 is 12.0 Å². The fourth-order valence-electron chi connectivity index (χ4n) is 2.65. The number of amides is 2. The van der Waals surface area contributed by atoms with Crippen LogP contribution in [0.4, 0.5) is 4.79 Å². The van der Waals surface area contributed by atoms with Gasteiger partial charge in [-0.3, -0.25) is 4.79 Å². The fourth-order valence-corrected chi connectivity index (χ4v) is 2.65. The zero-order chi connectivity index (χ0) is 15.7. The smallest absolute Gasteiger partial charge is 0.317 e. The standard InChI is InChI=1S/C15H28N2O4/c1-12(18)13-7-10-17(11-8-13)15(21)16-9-5-3-2-4-6-14(19)20/h12-13,18H,2-11H2,1H3,(H,16,21)(H,19,20). The average molecular weight is 300 g/mol. The number of aliphatic carboxylic acids is 1. The molecule has 1 saturated heterocycles. The molecule has 1 rings (SSSR count). The molecule has 1 atom stereocenters. The zero-order valence-corrected chi connectivity index (χ0v) is 12.9. The third-order valence-electron chi connectivity index (χ3n) is 4.10. The van der Waals surface area contributed by atoms with Crippen LogP contribution in [0.5, 0.6) is 0 Å². The van der Waals surface area contributed by atoms with E-state index in [2.05, 4.69) is 5.32 Å². The van der Waals surface area contributed by atoms with Crippen molar-refractivity contribution in [2.75, 3.05) is 19.6 Å². The van der Waals surface area contributed by atoms with Crippen LogP contribution in [-0.4, -0.2) is 52.9 Å². The van der Waals surface area contributed by atoms with Crippen molar-refractivity contribution in [1.29, 1.82) is 0 Å². The average Bonchev–Trinajstić information content (AvgIpc) is 2.45. The van der Waals surface area contributed by atoms with Crippen LogP contribution in [0.25, 0.3) is 0 Å². The third-order valence-corrected chi connectivity index (χ3v) is 4.10. The summed E-state index contributed by atoms with van der Waals surface area (Å²) in [5, 5.41) is 20.9. The van der Waals surface area contributed by atoms with Crippen molar-refractivity contribution in [2.24, 2.45) is 5.92 Å². The van der Waals surface area contributed by atoms with Gasteiger partial charge >= 0.3 is 12.0 Å². The maximum absolute atomic E-state index is 11.9. The SMILES string of the molecule is CC(O)C1CCN(C(=O)NCCCCCCC(=O)O)CC1. The number of likely N-dealkylation sites (tertiary alicyclic amines) is 1. The Bertz CT molecular complexity index is 326. The van der Waals surface area contributed by atoms with Gasteiger partial charge in [0, 0.05) is 26.1 Å². The van der Waals surface area contributed by atoms with Gasteiger partial charge in [-0.05, 0) is 38.5 Å². The molecule has 21 heavy (non-hydrogen) atoms. The molecule has 0 aromatic heterocycles. The number of piperidine rings is 1. The molecule has 2 amide bonds. The Morgan fingerprint density at radius 3 is 2.38 bits per heavy atom. The van der Waals surface area contributed by atoms with E-state index in [0.29, 0.717) is 32.0 Å². The Hall–Kier alpha value is -1.30. The molecule has 6 nitrogen and oxygen atoms in total. The quantitative estimate of drug-likeness (QED) is 0.596. The molecule has 0 spiro atoms. The lowest BCUT2D eigenvalue weighted by atomic mass is 9.92. The highest BCUT2D eigenvalue weighted by molar-refractivity contribution is 5.74. The number of carbonyl (C=O) groups is 2. The number of urea groups is 1. The van der Waals surface area contributed by atoms with Gasteiger partial charge in [0.25, 0.3) is 0 Å². The van der Waals surface area contributed by atoms with Gasteiger partial charge in [0.15, 0.2) is 0 Å². The second-order valence-corrected chi connectivity index (χ2v) is 5.85. The molecule has 122 valence electrons. The van der Waals surface area contributed by atoms with Crippen molar-refractivity contribution in [3.8, 4) is 0 Å². The highest BCUT2D eigenvalue weighted by atomic mass is 16.4. The van der Waals surface area contributed by atoms with E-state index in [4.69, 9.17) is 5.11 Å². The predicted octanol–water partition coefficient (Wildman–Crippen LogP) is 1.82. The number of carboxylic acids is 1. The Morgan fingerprint density at radius 1 is 1.19 bits per heavy atom. The van der Waals surface area contributed by atoms with Gasteiger partial charge in [0.1, 0.15) is 0 Å². The Labute approximate surface area is 126 Å². The molecule has 1 aliphatic rings. The van der Waals surface area contributed by atoms with Crippen molar-refractivity contribution in [2.45, 2.75) is 58.0 Å². The first-order valence-electron chi connectivity index (χ1n) is 7.93. The molecular formula is C15H28N2O4. The first kappa shape index (κ1) is 17.8. The molecule has 1 unspecified atom stereocenters. The highest BCUT2D eigenvalue weighted by Gasteiger charge is 2.24. The number of nitrogens with zero attached hydrogens (tertiary/aromatic N) is 1. The Morgan fingerprint density at radius 2 is 1.81 bits per heavy atom. The number of hydrogen-bond donors (Lipinski definition) is 3. The summed E-state index contributed by atoms with van der Waals surface area (Å²) in [5.74, 6) is -0.438. The van der Waals surface area contributed by atoms with E-state index in [1.54, 1.807) is 0 Å². The number of nitrogens with one attached hydrogen (secondary N) is 1. The lowest BCUT2D eigenvalue weighted by molar-refractivity contribution is -0.137. The van der Waals surface area contributed by atoms with E-state index in [1.807, 2.05) is 11.8 Å². The number of hydrogen-bond acceptors (Lipinski definition) is 3. The minimum Gasteiger partial charge on any atom is -0.481 e. The van der Waals surface area contributed by atoms with Crippen LogP contribution >= 0.6 is 0 Å². The van der Waals surface area contributed by atoms with Crippen LogP contribution in [0.2, 0.25) is 0 Å². The molecule has 1 heterocycles. The van der Waals surface area contributed by atoms with E-state index < -0.39 is 5.97 Å². The van der Waals surface area contributed by atoms with Crippen molar-refractivity contribution in [3.63, 3.8) is 0 Å². The van der Waals surface area contributed by atoms with E-state index in [-0.39, 0.29) is 18.6 Å². The topological polar surface area (TPSA) is 89.9 Å². The van der Waals surface area contributed by atoms with Gasteiger partial charge < -0.3 is 20.4 Å². The molecule has 0 aliphatic carbocycles. The van der Waals surface area contributed by atoms with Crippen LogP contribution in [0.15, 0.2) is 0 Å². The van der Waals surface area contributed by atoms with Crippen molar-refractivity contribution in [3.05, 3.63) is 0 Å². The Balaban J connectivity index is 2.03. The number of carbonyl (C=O) groups excluding carboxylic acids is 1. The fraction of sp³-hybridized carbons (Fsp3) is 0.867. The highest BCUT2D eigenvalue weighted by Crippen LogP contribution is 2.20. The van der Waals surface area contributed by atoms with Crippen LogP contribution in [0.3, 0.4) is 0 Å². The van der Waals surface area contributed by atoms with Crippen molar-refractivity contribution in [1.82, 2.24) is 10.2 Å². The minimum absolute atomic E-state index is 0.0235. The third kappa shape index (κ3) is 7.32. The first-order valence-corrected chi connectivity index (χ1v) is 7.93. The summed E-state index contributed by atoms with van der Waals surface area (Å²) in [6, 6.07) is -0.0235. The number of aliphatic hydroxyl groups excluding tert-OH is 1. The molecule has 0 radical (unpaired) electrons. The van der Waals surface area contributed by atoms with E-state index in [9.17, 15) is 14.7 Å². The van der Waals surface area contributed by atoms with Crippen LogP contribution in [-0.2, 0) is 4.79 Å². The molecule has 1 fully saturated rings. The molecule has 6 heteroatoms. The predicted molar refractivity (Wildman–Crippen MR) is 80.1 cm³/mol. The second-order valence-electron chi connectivity index (χ2n) is 5.85. The largest absolute Gasteiger partial charge is 0.481 e. The van der Waals surface area contributed by atoms with Gasteiger partial charge in [-0.15, -0.1) is 0 Å². The summed E-state index contributed by atoms with van der Waals surface area (Å²) in [4.78, 5) is 24.1. The summed E-state index contributed by atoms with van der Waals surface area (Å²) in [6.45, 7) is 3.87. The van der Waals surface area contributed by atoms with E-state index >= 15 is 0 Å². The van der Waals surface area contributed by atoms with Crippen molar-refractivity contribution < 1.29 is 19.8 Å². The maximum Gasteiger partial charge on any atom is 0.317 e. The van der Waals surface area contributed by atoms with Gasteiger partial charge in [-0.1, -0.05) is 12.8 Å². The van der Waals surface area contributed by atoms with Crippen LogP contribution in [0, 0.1) is 5.92 Å². The summed E-state index contributed by atoms with van der Waals surface area (Å²) in [6.07, 6.45) is 5.08. The number of aliphatic hydroxyl groups is 1. The summed E-state index contributed by atoms with van der Waals surface area (Å²) < 4.78 is 0. The summed E-state index contributed by atoms with van der Waals surface area (Å²) in [7, 11) is 0. The normalized spacial score (nSPS) is 17.5. The number of rotatable bonds is 8. The molecular weight excluding hydrogens is 272 g/mol. The van der Waals surface area contributed by atoms with Gasteiger partial charge in [0.05, 0.1) is 6.10 Å². The summed E-state index contributed by atoms with van der Waals surface area (Å²) in [5.41, 5.74) is 0. The zero-order valence-electron chi connectivity index (χ0n) is 12.9. The van der Waals surface area contributed by atoms with Crippen LogP contribution < -0.4 is 5.32 Å². The molecule has 3 N–H and O–H groups in total. The van der Waals surface area contributed by atoms with Gasteiger partial charge in [0.2, 0.25) is 0 Å². The molecule has 0 bridgehead atoms.